The molecule has 0 aliphatic heterocycles. The quantitative estimate of drug-likeness (QED) is 0.485. The molecule has 3 aromatic rings. The van der Waals surface area contributed by atoms with Gasteiger partial charge >= 0.3 is 0 Å². The number of carbonyl (C=O) groups is 1. The first-order valence-corrected chi connectivity index (χ1v) is 12.4. The van der Waals surface area contributed by atoms with E-state index < -0.39 is 22.0 Å². The summed E-state index contributed by atoms with van der Waals surface area (Å²) in [5.74, 6) is 0.210. The van der Waals surface area contributed by atoms with Crippen LogP contribution in [0.25, 0.3) is 0 Å². The largest absolute Gasteiger partial charge is 0.494 e. The molecule has 0 unspecified atom stereocenters. The first-order valence-electron chi connectivity index (χ1n) is 10.9. The molecule has 7 heteroatoms. The SMILES string of the molecule is CCOc1ccc(S(=O)(=O)N[C@H](Cc2ccccc2)C(=O)Nc2ccc(C)cc2C)cc1C. The van der Waals surface area contributed by atoms with Crippen LogP contribution in [0.3, 0.4) is 0 Å². The van der Waals surface area contributed by atoms with Gasteiger partial charge < -0.3 is 10.1 Å². The lowest BCUT2D eigenvalue weighted by Crippen LogP contribution is -2.45. The first-order chi connectivity index (χ1) is 15.7. The number of amides is 1. The molecule has 0 heterocycles. The van der Waals surface area contributed by atoms with E-state index in [0.29, 0.717) is 23.6 Å². The first kappa shape index (κ1) is 24.5. The fraction of sp³-hybridized carbons (Fsp3) is 0.269. The van der Waals surface area contributed by atoms with Crippen LogP contribution in [0.2, 0.25) is 0 Å². The summed E-state index contributed by atoms with van der Waals surface area (Å²) in [6.07, 6.45) is 0.215. The van der Waals surface area contributed by atoms with Crippen molar-refractivity contribution in [2.24, 2.45) is 0 Å². The van der Waals surface area contributed by atoms with Crippen LogP contribution in [0.4, 0.5) is 5.69 Å². The number of rotatable bonds is 9. The summed E-state index contributed by atoms with van der Waals surface area (Å²) in [5.41, 5.74) is 4.20. The number of hydrogen-bond donors (Lipinski definition) is 2. The van der Waals surface area contributed by atoms with Gasteiger partial charge in [0.25, 0.3) is 0 Å². The molecular formula is C26H30N2O4S. The Bertz CT molecular complexity index is 1220. The number of hydrogen-bond acceptors (Lipinski definition) is 4. The third-order valence-electron chi connectivity index (χ3n) is 5.29. The number of ether oxygens (including phenoxy) is 1. The van der Waals surface area contributed by atoms with E-state index in [4.69, 9.17) is 4.74 Å². The zero-order valence-corrected chi connectivity index (χ0v) is 20.2. The summed E-state index contributed by atoms with van der Waals surface area (Å²) >= 11 is 0. The van der Waals surface area contributed by atoms with Gasteiger partial charge in [-0.15, -0.1) is 0 Å². The molecule has 3 rings (SSSR count). The molecule has 0 fully saturated rings. The van der Waals surface area contributed by atoms with Gasteiger partial charge in [-0.05, 0) is 75.1 Å². The molecule has 0 aliphatic carbocycles. The highest BCUT2D eigenvalue weighted by Crippen LogP contribution is 2.23. The maximum absolute atomic E-state index is 13.2. The molecule has 174 valence electrons. The summed E-state index contributed by atoms with van der Waals surface area (Å²) in [4.78, 5) is 13.3. The third-order valence-corrected chi connectivity index (χ3v) is 6.76. The molecule has 6 nitrogen and oxygen atoms in total. The minimum atomic E-state index is -3.95. The highest BCUT2D eigenvalue weighted by atomic mass is 32.2. The predicted molar refractivity (Wildman–Crippen MR) is 131 cm³/mol. The molecule has 0 aliphatic rings. The molecule has 0 spiro atoms. The summed E-state index contributed by atoms with van der Waals surface area (Å²) in [6.45, 7) is 8.03. The Morgan fingerprint density at radius 2 is 1.67 bits per heavy atom. The van der Waals surface area contributed by atoms with Crippen molar-refractivity contribution in [1.82, 2.24) is 4.72 Å². The average molecular weight is 467 g/mol. The van der Waals surface area contributed by atoms with Crippen molar-refractivity contribution >= 4 is 21.6 Å². The standard InChI is InChI=1S/C26H30N2O4S/c1-5-32-25-14-12-22(16-20(25)4)33(30,31)28-24(17-21-9-7-6-8-10-21)26(29)27-23-13-11-18(2)15-19(23)3/h6-16,24,28H,5,17H2,1-4H3,(H,27,29)/t24-/m1/s1. The van der Waals surface area contributed by atoms with E-state index in [0.717, 1.165) is 16.7 Å². The fourth-order valence-corrected chi connectivity index (χ4v) is 4.85. The number of anilines is 1. The Morgan fingerprint density at radius 3 is 2.30 bits per heavy atom. The Balaban J connectivity index is 1.88. The van der Waals surface area contributed by atoms with Crippen molar-refractivity contribution in [2.45, 2.75) is 45.1 Å². The van der Waals surface area contributed by atoms with Crippen molar-refractivity contribution in [2.75, 3.05) is 11.9 Å². The number of benzene rings is 3. The molecule has 3 aromatic carbocycles. The van der Waals surface area contributed by atoms with E-state index in [2.05, 4.69) is 10.0 Å². The van der Waals surface area contributed by atoms with Gasteiger partial charge in [0.1, 0.15) is 11.8 Å². The summed E-state index contributed by atoms with van der Waals surface area (Å²) in [6, 6.07) is 18.7. The lowest BCUT2D eigenvalue weighted by molar-refractivity contribution is -0.117. The minimum Gasteiger partial charge on any atom is -0.494 e. The Morgan fingerprint density at radius 1 is 0.939 bits per heavy atom. The second-order valence-electron chi connectivity index (χ2n) is 8.03. The van der Waals surface area contributed by atoms with Gasteiger partial charge in [0.2, 0.25) is 15.9 Å². The van der Waals surface area contributed by atoms with Crippen LogP contribution in [0, 0.1) is 20.8 Å². The highest BCUT2D eigenvalue weighted by Gasteiger charge is 2.27. The van der Waals surface area contributed by atoms with Crippen molar-refractivity contribution in [3.8, 4) is 5.75 Å². The van der Waals surface area contributed by atoms with Crippen LogP contribution in [0.1, 0.15) is 29.2 Å². The van der Waals surface area contributed by atoms with Gasteiger partial charge in [0.15, 0.2) is 0 Å². The van der Waals surface area contributed by atoms with Crippen LogP contribution in [0.5, 0.6) is 5.75 Å². The Hall–Kier alpha value is -3.16. The molecule has 0 radical (unpaired) electrons. The summed E-state index contributed by atoms with van der Waals surface area (Å²) < 4.78 is 34.5. The zero-order valence-electron chi connectivity index (χ0n) is 19.4. The van der Waals surface area contributed by atoms with Crippen molar-refractivity contribution in [3.63, 3.8) is 0 Å². The summed E-state index contributed by atoms with van der Waals surface area (Å²) in [7, 11) is -3.95. The molecule has 0 bridgehead atoms. The van der Waals surface area contributed by atoms with Gasteiger partial charge in [-0.2, -0.15) is 4.72 Å². The van der Waals surface area contributed by atoms with Crippen LogP contribution < -0.4 is 14.8 Å². The Kier molecular flexibility index (Phi) is 7.89. The molecule has 0 saturated heterocycles. The lowest BCUT2D eigenvalue weighted by Gasteiger charge is -2.20. The van der Waals surface area contributed by atoms with Gasteiger partial charge in [0, 0.05) is 5.69 Å². The van der Waals surface area contributed by atoms with Crippen LogP contribution in [-0.4, -0.2) is 27.0 Å². The van der Waals surface area contributed by atoms with Crippen molar-refractivity contribution < 1.29 is 17.9 Å². The summed E-state index contributed by atoms with van der Waals surface area (Å²) in [5, 5.41) is 2.88. The molecule has 1 amide bonds. The highest BCUT2D eigenvalue weighted by molar-refractivity contribution is 7.89. The molecule has 1 atom stereocenters. The zero-order chi connectivity index (χ0) is 24.0. The molecule has 0 saturated carbocycles. The average Bonchev–Trinajstić information content (AvgIpc) is 2.77. The third kappa shape index (κ3) is 6.43. The number of aryl methyl sites for hydroxylation is 3. The van der Waals surface area contributed by atoms with E-state index in [1.165, 1.54) is 6.07 Å². The molecule has 2 N–H and O–H groups in total. The van der Waals surface area contributed by atoms with Crippen LogP contribution in [0.15, 0.2) is 71.6 Å². The van der Waals surface area contributed by atoms with Gasteiger partial charge in [-0.3, -0.25) is 4.79 Å². The number of carbonyl (C=O) groups excluding carboxylic acids is 1. The minimum absolute atomic E-state index is 0.0841. The van der Waals surface area contributed by atoms with Gasteiger partial charge in [-0.25, -0.2) is 8.42 Å². The van der Waals surface area contributed by atoms with Crippen LogP contribution >= 0.6 is 0 Å². The van der Waals surface area contributed by atoms with Crippen LogP contribution in [-0.2, 0) is 21.2 Å². The maximum atomic E-state index is 13.2. The smallest absolute Gasteiger partial charge is 0.242 e. The van der Waals surface area contributed by atoms with Gasteiger partial charge in [0.05, 0.1) is 11.5 Å². The van der Waals surface area contributed by atoms with E-state index in [1.807, 2.05) is 69.3 Å². The molecular weight excluding hydrogens is 436 g/mol. The van der Waals surface area contributed by atoms with Crippen molar-refractivity contribution in [3.05, 3.63) is 89.0 Å². The van der Waals surface area contributed by atoms with E-state index >= 15 is 0 Å². The normalized spacial score (nSPS) is 12.2. The second-order valence-corrected chi connectivity index (χ2v) is 9.75. The molecule has 0 aromatic heterocycles. The van der Waals surface area contributed by atoms with E-state index in [-0.39, 0.29) is 11.3 Å². The second kappa shape index (κ2) is 10.6. The van der Waals surface area contributed by atoms with Gasteiger partial charge in [-0.1, -0.05) is 48.0 Å². The lowest BCUT2D eigenvalue weighted by atomic mass is 10.1. The van der Waals surface area contributed by atoms with Crippen molar-refractivity contribution in [1.29, 1.82) is 0 Å². The predicted octanol–water partition coefficient (Wildman–Crippen LogP) is 4.54. The fourth-order valence-electron chi connectivity index (χ4n) is 3.57. The topological polar surface area (TPSA) is 84.5 Å². The Labute approximate surface area is 196 Å². The number of sulfonamides is 1. The number of nitrogens with one attached hydrogen (secondary N) is 2. The monoisotopic (exact) mass is 466 g/mol. The maximum Gasteiger partial charge on any atom is 0.242 e. The van der Waals surface area contributed by atoms with E-state index in [1.54, 1.807) is 19.1 Å². The molecule has 33 heavy (non-hydrogen) atoms. The van der Waals surface area contributed by atoms with E-state index in [9.17, 15) is 13.2 Å².